The zero-order valence-electron chi connectivity index (χ0n) is 21.9. The van der Waals surface area contributed by atoms with Crippen molar-refractivity contribution in [3.05, 3.63) is 53.6 Å². The van der Waals surface area contributed by atoms with Crippen molar-refractivity contribution in [2.45, 2.75) is 70.1 Å². The van der Waals surface area contributed by atoms with Crippen LogP contribution in [-0.4, -0.2) is 53.4 Å². The molecule has 2 aliphatic heterocycles. The molecule has 2 aromatic rings. The lowest BCUT2D eigenvalue weighted by molar-refractivity contribution is -0.118. The van der Waals surface area contributed by atoms with Gasteiger partial charge in [0, 0.05) is 36.0 Å². The first-order chi connectivity index (χ1) is 18.5. The summed E-state index contributed by atoms with van der Waals surface area (Å²) >= 11 is 1.26. The van der Waals surface area contributed by atoms with Gasteiger partial charge in [-0.3, -0.25) is 9.59 Å². The van der Waals surface area contributed by atoms with E-state index in [1.807, 2.05) is 30.3 Å². The molecule has 1 saturated heterocycles. The second-order valence-corrected chi connectivity index (χ2v) is 11.2. The summed E-state index contributed by atoms with van der Waals surface area (Å²) in [7, 11) is 1.65. The number of hydrogen-bond donors (Lipinski definition) is 1. The minimum atomic E-state index is -0.262. The maximum absolute atomic E-state index is 12.7. The minimum Gasteiger partial charge on any atom is -0.493 e. The average Bonchev–Trinajstić information content (AvgIpc) is 3.44. The van der Waals surface area contributed by atoms with Crippen LogP contribution in [0.5, 0.6) is 11.5 Å². The van der Waals surface area contributed by atoms with Crippen LogP contribution >= 0.6 is 11.8 Å². The van der Waals surface area contributed by atoms with E-state index in [0.29, 0.717) is 24.5 Å². The first-order valence-electron chi connectivity index (χ1n) is 13.5. The number of ether oxygens (including phenoxy) is 2. The van der Waals surface area contributed by atoms with Crippen molar-refractivity contribution in [1.82, 2.24) is 5.01 Å². The van der Waals surface area contributed by atoms with Gasteiger partial charge in [0.1, 0.15) is 0 Å². The molecule has 3 aliphatic rings. The third kappa shape index (κ3) is 6.26. The molecule has 1 aliphatic carbocycles. The van der Waals surface area contributed by atoms with E-state index in [0.717, 1.165) is 66.9 Å². The number of primary amides is 1. The Morgan fingerprint density at radius 1 is 1.05 bits per heavy atom. The Labute approximate surface area is 228 Å². The van der Waals surface area contributed by atoms with Crippen LogP contribution in [0.2, 0.25) is 0 Å². The van der Waals surface area contributed by atoms with Crippen molar-refractivity contribution in [1.29, 1.82) is 0 Å². The van der Waals surface area contributed by atoms with Gasteiger partial charge in [-0.1, -0.05) is 23.9 Å². The van der Waals surface area contributed by atoms with Gasteiger partial charge in [0.25, 0.3) is 0 Å². The van der Waals surface area contributed by atoms with Gasteiger partial charge in [0.05, 0.1) is 25.5 Å². The maximum Gasteiger partial charge on any atom is 0.302 e. The summed E-state index contributed by atoms with van der Waals surface area (Å²) < 4.78 is 11.8. The van der Waals surface area contributed by atoms with Crippen LogP contribution in [0, 0.1) is 0 Å². The molecule has 8 nitrogen and oxygen atoms in total. The lowest BCUT2D eigenvalue weighted by Crippen LogP contribution is -2.42. The maximum atomic E-state index is 12.7. The van der Waals surface area contributed by atoms with Crippen LogP contribution in [0.3, 0.4) is 0 Å². The number of piperidine rings is 1. The Balaban J connectivity index is 1.30. The monoisotopic (exact) mass is 536 g/mol. The number of amides is 2. The summed E-state index contributed by atoms with van der Waals surface area (Å²) in [5.41, 5.74) is 9.34. The van der Waals surface area contributed by atoms with Crippen LogP contribution < -0.4 is 20.1 Å². The number of nitrogens with two attached hydrogens (primary N) is 1. The fourth-order valence-corrected chi connectivity index (χ4v) is 6.28. The van der Waals surface area contributed by atoms with Gasteiger partial charge in [-0.15, -0.1) is 0 Å². The number of methoxy groups -OCH3 is 1. The summed E-state index contributed by atoms with van der Waals surface area (Å²) in [6.07, 6.45) is 8.30. The van der Waals surface area contributed by atoms with Gasteiger partial charge in [-0.05, 0) is 80.8 Å². The lowest BCUT2D eigenvalue weighted by Gasteiger charge is -2.37. The summed E-state index contributed by atoms with van der Waals surface area (Å²) in [5.74, 6) is 1.70. The van der Waals surface area contributed by atoms with Crippen LogP contribution in [0.15, 0.2) is 47.6 Å². The zero-order chi connectivity index (χ0) is 26.5. The minimum absolute atomic E-state index is 0.0636. The number of hydrazone groups is 1. The van der Waals surface area contributed by atoms with Crippen LogP contribution in [-0.2, 0) is 11.3 Å². The van der Waals surface area contributed by atoms with Crippen molar-refractivity contribution in [2.24, 2.45) is 10.8 Å². The Hall–Kier alpha value is -3.20. The van der Waals surface area contributed by atoms with E-state index in [2.05, 4.69) is 17.0 Å². The van der Waals surface area contributed by atoms with Gasteiger partial charge in [0.2, 0.25) is 5.91 Å². The van der Waals surface area contributed by atoms with Gasteiger partial charge >= 0.3 is 5.24 Å². The van der Waals surface area contributed by atoms with Crippen molar-refractivity contribution >= 4 is 34.3 Å². The molecule has 0 aromatic heterocycles. The molecule has 2 fully saturated rings. The quantitative estimate of drug-likeness (QED) is 0.466. The highest BCUT2D eigenvalue weighted by Gasteiger charge is 2.26. The summed E-state index contributed by atoms with van der Waals surface area (Å²) in [5, 5.41) is 6.21. The third-order valence-electron chi connectivity index (χ3n) is 7.54. The fourth-order valence-electron chi connectivity index (χ4n) is 5.55. The second-order valence-electron chi connectivity index (χ2n) is 10.2. The zero-order valence-corrected chi connectivity index (χ0v) is 22.8. The number of thioether (sulfide) groups is 1. The second kappa shape index (κ2) is 12.1. The van der Waals surface area contributed by atoms with Gasteiger partial charge in [-0.25, -0.2) is 5.01 Å². The molecule has 9 heteroatoms. The Morgan fingerprint density at radius 3 is 2.55 bits per heavy atom. The van der Waals surface area contributed by atoms with Gasteiger partial charge in [-0.2, -0.15) is 5.10 Å². The smallest absolute Gasteiger partial charge is 0.302 e. The molecular formula is C29H36N4O4S. The first kappa shape index (κ1) is 26.4. The molecule has 1 unspecified atom stereocenters. The normalized spacial score (nSPS) is 20.4. The molecule has 0 radical (unpaired) electrons. The van der Waals surface area contributed by atoms with Gasteiger partial charge in [0.15, 0.2) is 11.5 Å². The highest BCUT2D eigenvalue weighted by Crippen LogP contribution is 2.34. The highest BCUT2D eigenvalue weighted by molar-refractivity contribution is 8.14. The topological polar surface area (TPSA) is 97.5 Å². The van der Waals surface area contributed by atoms with E-state index in [1.165, 1.54) is 29.6 Å². The molecule has 2 N–H and O–H groups in total. The number of carbonyl (C=O) groups is 2. The summed E-state index contributed by atoms with van der Waals surface area (Å²) in [4.78, 5) is 26.5. The molecule has 1 saturated carbocycles. The summed E-state index contributed by atoms with van der Waals surface area (Å²) in [6, 6.07) is 14.2. The molecule has 5 rings (SSSR count). The first-order valence-corrected chi connectivity index (χ1v) is 14.5. The van der Waals surface area contributed by atoms with E-state index < -0.39 is 0 Å². The molecule has 2 aromatic carbocycles. The van der Waals surface area contributed by atoms with Crippen molar-refractivity contribution in [3.63, 3.8) is 0 Å². The van der Waals surface area contributed by atoms with E-state index in [-0.39, 0.29) is 23.3 Å². The highest BCUT2D eigenvalue weighted by atomic mass is 32.2. The van der Waals surface area contributed by atoms with E-state index in [9.17, 15) is 9.59 Å². The number of benzene rings is 2. The molecule has 2 heterocycles. The Kier molecular flexibility index (Phi) is 8.42. The lowest BCUT2D eigenvalue weighted by atomic mass is 9.98. The Bertz CT molecular complexity index is 1180. The third-order valence-corrected chi connectivity index (χ3v) is 8.42. The van der Waals surface area contributed by atoms with Gasteiger partial charge < -0.3 is 20.1 Å². The molecule has 0 bridgehead atoms. The van der Waals surface area contributed by atoms with Crippen molar-refractivity contribution < 1.29 is 19.1 Å². The van der Waals surface area contributed by atoms with E-state index in [1.54, 1.807) is 7.11 Å². The Morgan fingerprint density at radius 2 is 1.82 bits per heavy atom. The number of anilines is 1. The molecule has 0 spiro atoms. The van der Waals surface area contributed by atoms with Crippen molar-refractivity contribution in [2.75, 3.05) is 24.3 Å². The fraction of sp³-hybridized carbons (Fsp3) is 0.483. The molecule has 1 atom stereocenters. The number of rotatable bonds is 9. The number of carbonyl (C=O) groups excluding carboxylic acids is 2. The molecular weight excluding hydrogens is 500 g/mol. The van der Waals surface area contributed by atoms with E-state index in [4.69, 9.17) is 20.3 Å². The van der Waals surface area contributed by atoms with E-state index >= 15 is 0 Å². The molecule has 202 valence electrons. The molecule has 2 amide bonds. The van der Waals surface area contributed by atoms with Crippen molar-refractivity contribution in [3.8, 4) is 11.5 Å². The predicted octanol–water partition coefficient (Wildman–Crippen LogP) is 5.32. The summed E-state index contributed by atoms with van der Waals surface area (Å²) in [6.45, 7) is 1.31. The standard InChI is InChI=1S/C29H36N4O4S/c1-36-26-14-11-21(16-27(26)37-24-7-2-3-8-24)25-19-38-29(35)33(31-25)18-20-9-12-22(13-10-20)32-15-5-4-6-23(32)17-28(30)34/h9-14,16,23-24H,2-8,15,17-19H2,1H3,(H2,30,34). The molecule has 38 heavy (non-hydrogen) atoms. The predicted molar refractivity (Wildman–Crippen MR) is 151 cm³/mol. The number of nitrogens with zero attached hydrogens (tertiary/aromatic N) is 3. The van der Waals surface area contributed by atoms with Crippen LogP contribution in [0.1, 0.15) is 62.5 Å². The largest absolute Gasteiger partial charge is 0.493 e. The SMILES string of the molecule is COc1ccc(C2=NN(Cc3ccc(N4CCCCC4CC(N)=O)cc3)C(=O)SC2)cc1OC1CCCC1. The van der Waals surface area contributed by atoms with Crippen LogP contribution in [0.4, 0.5) is 10.5 Å². The number of hydrogen-bond acceptors (Lipinski definition) is 7. The average molecular weight is 537 g/mol. The van der Waals surface area contributed by atoms with Crippen LogP contribution in [0.25, 0.3) is 0 Å².